The van der Waals surface area contributed by atoms with Gasteiger partial charge in [-0.1, -0.05) is 19.1 Å². The Labute approximate surface area is 133 Å². The zero-order valence-corrected chi connectivity index (χ0v) is 13.6. The zero-order valence-electron chi connectivity index (χ0n) is 13.6. The minimum absolute atomic E-state index is 0.332. The number of hydrogen-bond donors (Lipinski definition) is 2. The second-order valence-corrected chi connectivity index (χ2v) is 6.48. The van der Waals surface area contributed by atoms with Crippen LogP contribution in [0.4, 0.5) is 4.79 Å². The van der Waals surface area contributed by atoms with Crippen LogP contribution in [0.25, 0.3) is 0 Å². The van der Waals surface area contributed by atoms with Gasteiger partial charge in [0, 0.05) is 13.1 Å². The fourth-order valence-corrected chi connectivity index (χ4v) is 3.43. The van der Waals surface area contributed by atoms with Gasteiger partial charge in [0.25, 0.3) is 0 Å². The van der Waals surface area contributed by atoms with Gasteiger partial charge in [-0.3, -0.25) is 0 Å². The van der Waals surface area contributed by atoms with Gasteiger partial charge in [-0.25, -0.2) is 4.79 Å². The summed E-state index contributed by atoms with van der Waals surface area (Å²) < 4.78 is 10.6. The zero-order chi connectivity index (χ0) is 15.8. The first-order chi connectivity index (χ1) is 10.7. The van der Waals surface area contributed by atoms with Crippen molar-refractivity contribution in [3.63, 3.8) is 0 Å². The highest BCUT2D eigenvalue weighted by Crippen LogP contribution is 2.52. The van der Waals surface area contributed by atoms with Crippen LogP contribution in [0.15, 0.2) is 12.2 Å². The van der Waals surface area contributed by atoms with Crippen molar-refractivity contribution in [2.24, 2.45) is 29.4 Å². The van der Waals surface area contributed by atoms with Gasteiger partial charge >= 0.3 is 6.09 Å². The van der Waals surface area contributed by atoms with Crippen molar-refractivity contribution in [1.29, 1.82) is 0 Å². The van der Waals surface area contributed by atoms with Gasteiger partial charge in [-0.2, -0.15) is 0 Å². The van der Waals surface area contributed by atoms with Crippen LogP contribution in [0.5, 0.6) is 0 Å². The Balaban J connectivity index is 1.59. The third-order valence-corrected chi connectivity index (χ3v) is 4.78. The first-order valence-corrected chi connectivity index (χ1v) is 8.57. The van der Waals surface area contributed by atoms with Gasteiger partial charge in [0.1, 0.15) is 0 Å². The molecule has 1 fully saturated rings. The number of nitrogens with one attached hydrogen (secondary N) is 1. The molecule has 0 spiro atoms. The summed E-state index contributed by atoms with van der Waals surface area (Å²) in [6.45, 7) is 4.81. The van der Waals surface area contributed by atoms with Crippen molar-refractivity contribution < 1.29 is 14.3 Å². The Kier molecular flexibility index (Phi) is 7.19. The highest BCUT2D eigenvalue weighted by Gasteiger charge is 2.49. The molecular formula is C17H30N2O3. The predicted octanol–water partition coefficient (Wildman–Crippen LogP) is 2.32. The molecule has 0 bridgehead atoms. The van der Waals surface area contributed by atoms with Crippen LogP contribution in [-0.4, -0.2) is 39.0 Å². The van der Waals surface area contributed by atoms with Gasteiger partial charge in [0.15, 0.2) is 0 Å². The summed E-state index contributed by atoms with van der Waals surface area (Å²) in [7, 11) is 0. The monoisotopic (exact) mass is 310 g/mol. The highest BCUT2D eigenvalue weighted by molar-refractivity contribution is 5.67. The Hall–Kier alpha value is -1.07. The topological polar surface area (TPSA) is 73.6 Å². The molecule has 126 valence electrons. The van der Waals surface area contributed by atoms with E-state index in [9.17, 15) is 4.79 Å². The van der Waals surface area contributed by atoms with Crippen LogP contribution in [0.2, 0.25) is 0 Å². The van der Waals surface area contributed by atoms with Crippen molar-refractivity contribution >= 4 is 6.09 Å². The molecule has 22 heavy (non-hydrogen) atoms. The van der Waals surface area contributed by atoms with Crippen LogP contribution < -0.4 is 11.1 Å². The Bertz CT molecular complexity index is 373. The van der Waals surface area contributed by atoms with E-state index in [2.05, 4.69) is 24.4 Å². The number of amides is 1. The molecule has 2 unspecified atom stereocenters. The van der Waals surface area contributed by atoms with Crippen molar-refractivity contribution in [3.8, 4) is 0 Å². The van der Waals surface area contributed by atoms with E-state index in [1.165, 1.54) is 19.3 Å². The van der Waals surface area contributed by atoms with Crippen LogP contribution in [0, 0.1) is 23.7 Å². The van der Waals surface area contributed by atoms with Crippen LogP contribution in [0.1, 0.15) is 32.6 Å². The second-order valence-electron chi connectivity index (χ2n) is 6.48. The van der Waals surface area contributed by atoms with Crippen molar-refractivity contribution in [2.45, 2.75) is 32.6 Å². The largest absolute Gasteiger partial charge is 0.449 e. The summed E-state index contributed by atoms with van der Waals surface area (Å²) in [5, 5.41) is 2.71. The highest BCUT2D eigenvalue weighted by atomic mass is 16.5. The second kappa shape index (κ2) is 9.16. The molecule has 1 amide bonds. The molecule has 0 saturated heterocycles. The molecule has 1 saturated carbocycles. The molecule has 0 aromatic rings. The summed E-state index contributed by atoms with van der Waals surface area (Å²) >= 11 is 0. The fourth-order valence-electron chi connectivity index (χ4n) is 3.43. The molecule has 0 aromatic carbocycles. The number of alkyl carbamates (subject to hydrolysis) is 1. The molecule has 4 atom stereocenters. The van der Waals surface area contributed by atoms with Gasteiger partial charge in [-0.05, 0) is 49.4 Å². The van der Waals surface area contributed by atoms with E-state index < -0.39 is 0 Å². The van der Waals surface area contributed by atoms with Crippen LogP contribution in [-0.2, 0) is 9.47 Å². The number of nitrogens with two attached hydrogens (primary N) is 1. The molecule has 5 nitrogen and oxygen atoms in total. The molecule has 0 aromatic heterocycles. The lowest BCUT2D eigenvalue weighted by molar-refractivity contribution is 0.121. The van der Waals surface area contributed by atoms with Gasteiger partial charge in [0.05, 0.1) is 19.8 Å². The number of carbonyl (C=O) groups is 1. The summed E-state index contributed by atoms with van der Waals surface area (Å²) in [6, 6.07) is 0. The summed E-state index contributed by atoms with van der Waals surface area (Å²) in [6.07, 6.45) is 9.23. The number of rotatable bonds is 7. The molecule has 0 radical (unpaired) electrons. The van der Waals surface area contributed by atoms with E-state index in [-0.39, 0.29) is 6.09 Å². The molecule has 3 N–H and O–H groups in total. The van der Waals surface area contributed by atoms with E-state index in [0.717, 1.165) is 18.3 Å². The minimum Gasteiger partial charge on any atom is -0.449 e. The average Bonchev–Trinajstić information content (AvgIpc) is 3.16. The summed E-state index contributed by atoms with van der Waals surface area (Å²) in [5.74, 6) is 2.74. The van der Waals surface area contributed by atoms with Crippen molar-refractivity contribution in [3.05, 3.63) is 12.2 Å². The van der Waals surface area contributed by atoms with Gasteiger partial charge in [0.2, 0.25) is 0 Å². The standard InChI is InChI=1S/C17H30N2O3/c1-13-4-2-3-5-14-15(7-6-13)16(14)12-22-17(20)19-9-11-21-10-8-18/h2,4,13-16H,3,5-12,18H2,1H3,(H,19,20)/b4-2-/t13?,14-,15+,16?/m0/s1. The predicted molar refractivity (Wildman–Crippen MR) is 86.5 cm³/mol. The van der Waals surface area contributed by atoms with Crippen LogP contribution >= 0.6 is 0 Å². The fraction of sp³-hybridized carbons (Fsp3) is 0.824. The molecular weight excluding hydrogens is 280 g/mol. The molecule has 0 heterocycles. The maximum atomic E-state index is 11.6. The summed E-state index contributed by atoms with van der Waals surface area (Å²) in [5.41, 5.74) is 5.32. The van der Waals surface area contributed by atoms with Crippen molar-refractivity contribution in [1.82, 2.24) is 5.32 Å². The van der Waals surface area contributed by atoms with Crippen LogP contribution in [0.3, 0.4) is 0 Å². The third kappa shape index (κ3) is 5.61. The van der Waals surface area contributed by atoms with Crippen molar-refractivity contribution in [2.75, 3.05) is 32.9 Å². The van der Waals surface area contributed by atoms with E-state index in [4.69, 9.17) is 15.2 Å². The Morgan fingerprint density at radius 3 is 2.91 bits per heavy atom. The number of hydrogen-bond acceptors (Lipinski definition) is 4. The maximum Gasteiger partial charge on any atom is 0.407 e. The lowest BCUT2D eigenvalue weighted by Crippen LogP contribution is -2.29. The Morgan fingerprint density at radius 2 is 2.09 bits per heavy atom. The Morgan fingerprint density at radius 1 is 1.27 bits per heavy atom. The lowest BCUT2D eigenvalue weighted by Gasteiger charge is -2.08. The first kappa shape index (κ1) is 17.3. The minimum atomic E-state index is -0.332. The van der Waals surface area contributed by atoms with Gasteiger partial charge < -0.3 is 20.5 Å². The smallest absolute Gasteiger partial charge is 0.407 e. The van der Waals surface area contributed by atoms with E-state index >= 15 is 0 Å². The number of carbonyl (C=O) groups excluding carboxylic acids is 1. The molecule has 2 rings (SSSR count). The SMILES string of the molecule is CC1/C=C\CC[C@@H]2C(COC(=O)NCCOCCN)[C@@H]2CC1. The number of ether oxygens (including phenoxy) is 2. The lowest BCUT2D eigenvalue weighted by atomic mass is 10.0. The van der Waals surface area contributed by atoms with E-state index in [0.29, 0.717) is 44.7 Å². The quantitative estimate of drug-likeness (QED) is 0.559. The molecule has 5 heteroatoms. The maximum absolute atomic E-state index is 11.6. The normalized spacial score (nSPS) is 32.1. The number of fused-ring (bicyclic) bond motifs is 1. The van der Waals surface area contributed by atoms with Gasteiger partial charge in [-0.15, -0.1) is 0 Å². The molecule has 0 aliphatic heterocycles. The third-order valence-electron chi connectivity index (χ3n) is 4.78. The summed E-state index contributed by atoms with van der Waals surface area (Å²) in [4.78, 5) is 11.6. The van der Waals surface area contributed by atoms with E-state index in [1.54, 1.807) is 0 Å². The molecule has 2 aliphatic rings. The number of allylic oxidation sites excluding steroid dienone is 2. The molecule has 2 aliphatic carbocycles. The average molecular weight is 310 g/mol. The van der Waals surface area contributed by atoms with E-state index in [1.807, 2.05) is 0 Å². The first-order valence-electron chi connectivity index (χ1n) is 8.57.